The fourth-order valence-electron chi connectivity index (χ4n) is 1.24. The normalized spacial score (nSPS) is 11.3. The Morgan fingerprint density at radius 1 is 1.44 bits per heavy atom. The molecule has 1 N–H and O–H groups in total. The number of carbonyl (C=O) groups is 1. The Kier molecular flexibility index (Phi) is 4.63. The summed E-state index contributed by atoms with van der Waals surface area (Å²) < 4.78 is 31.1. The molecule has 0 amide bonds. The molecule has 98 valence electrons. The summed E-state index contributed by atoms with van der Waals surface area (Å²) in [6, 6.07) is 5.49. The molecule has 1 aromatic rings. The standard InChI is InChI=1S/C12H15NO4S/c1-4-12(14)17-10-6-5-7-11(8-10)18(15,16)13-9(2)3/h4-9,13H,1H2,2-3H3. The quantitative estimate of drug-likeness (QED) is 0.499. The highest BCUT2D eigenvalue weighted by atomic mass is 32.2. The number of esters is 1. The second-order valence-corrected chi connectivity index (χ2v) is 5.59. The molecule has 1 aromatic carbocycles. The van der Waals surface area contributed by atoms with Gasteiger partial charge in [0.25, 0.3) is 0 Å². The third-order valence-corrected chi connectivity index (χ3v) is 3.55. The predicted octanol–water partition coefficient (Wildman–Crippen LogP) is 1.46. The maximum atomic E-state index is 11.9. The van der Waals surface area contributed by atoms with E-state index in [2.05, 4.69) is 11.3 Å². The minimum Gasteiger partial charge on any atom is -0.423 e. The molecule has 0 saturated heterocycles. The molecule has 1 rings (SSSR count). The van der Waals surface area contributed by atoms with Crippen molar-refractivity contribution in [2.45, 2.75) is 24.8 Å². The molecule has 0 heterocycles. The zero-order chi connectivity index (χ0) is 13.8. The first-order valence-corrected chi connectivity index (χ1v) is 6.80. The van der Waals surface area contributed by atoms with Gasteiger partial charge in [-0.25, -0.2) is 17.9 Å². The highest BCUT2D eigenvalue weighted by Crippen LogP contribution is 2.17. The van der Waals surface area contributed by atoms with Crippen molar-refractivity contribution in [3.8, 4) is 5.75 Å². The molecule has 0 aliphatic heterocycles. The first kappa shape index (κ1) is 14.4. The first-order chi connectivity index (χ1) is 8.35. The topological polar surface area (TPSA) is 72.5 Å². The van der Waals surface area contributed by atoms with Crippen LogP contribution < -0.4 is 9.46 Å². The van der Waals surface area contributed by atoms with Gasteiger partial charge in [-0.2, -0.15) is 0 Å². The SMILES string of the molecule is C=CC(=O)Oc1cccc(S(=O)(=O)NC(C)C)c1. The van der Waals surface area contributed by atoms with Gasteiger partial charge >= 0.3 is 5.97 Å². The Morgan fingerprint density at radius 3 is 2.67 bits per heavy atom. The molecular formula is C12H15NO4S. The van der Waals surface area contributed by atoms with Gasteiger partial charge in [0.1, 0.15) is 5.75 Å². The molecule has 0 radical (unpaired) electrons. The Bertz CT molecular complexity index is 549. The van der Waals surface area contributed by atoms with Crippen molar-refractivity contribution in [2.75, 3.05) is 0 Å². The zero-order valence-corrected chi connectivity index (χ0v) is 11.0. The highest BCUT2D eigenvalue weighted by Gasteiger charge is 2.16. The molecule has 0 atom stereocenters. The number of nitrogens with one attached hydrogen (secondary N) is 1. The van der Waals surface area contributed by atoms with Crippen molar-refractivity contribution < 1.29 is 17.9 Å². The number of hydrogen-bond donors (Lipinski definition) is 1. The smallest absolute Gasteiger partial charge is 0.335 e. The van der Waals surface area contributed by atoms with Crippen LogP contribution in [0.1, 0.15) is 13.8 Å². The summed E-state index contributed by atoms with van der Waals surface area (Å²) in [5.41, 5.74) is 0. The molecule has 0 saturated carbocycles. The highest BCUT2D eigenvalue weighted by molar-refractivity contribution is 7.89. The van der Waals surface area contributed by atoms with Gasteiger partial charge in [-0.15, -0.1) is 0 Å². The van der Waals surface area contributed by atoms with Crippen LogP contribution in [0.2, 0.25) is 0 Å². The Hall–Kier alpha value is -1.66. The molecule has 0 aliphatic rings. The van der Waals surface area contributed by atoms with Crippen molar-refractivity contribution in [1.82, 2.24) is 4.72 Å². The van der Waals surface area contributed by atoms with Gasteiger partial charge in [0.15, 0.2) is 0 Å². The molecule has 0 aliphatic carbocycles. The maximum Gasteiger partial charge on any atom is 0.335 e. The average Bonchev–Trinajstić information content (AvgIpc) is 2.27. The number of hydrogen-bond acceptors (Lipinski definition) is 4. The first-order valence-electron chi connectivity index (χ1n) is 5.32. The molecule has 0 unspecified atom stereocenters. The molecule has 18 heavy (non-hydrogen) atoms. The van der Waals surface area contributed by atoms with Gasteiger partial charge in [-0.05, 0) is 26.0 Å². The van der Waals surface area contributed by atoms with Crippen molar-refractivity contribution in [2.24, 2.45) is 0 Å². The van der Waals surface area contributed by atoms with E-state index in [1.165, 1.54) is 24.3 Å². The summed E-state index contributed by atoms with van der Waals surface area (Å²) in [6.45, 7) is 6.70. The third kappa shape index (κ3) is 3.97. The number of rotatable bonds is 5. The van der Waals surface area contributed by atoms with Gasteiger partial charge in [-0.3, -0.25) is 0 Å². The summed E-state index contributed by atoms with van der Waals surface area (Å²) in [7, 11) is -3.59. The van der Waals surface area contributed by atoms with Crippen molar-refractivity contribution in [1.29, 1.82) is 0 Å². The van der Waals surface area contributed by atoms with Crippen LogP contribution in [0.5, 0.6) is 5.75 Å². The fourth-order valence-corrected chi connectivity index (χ4v) is 2.53. The molecule has 6 heteroatoms. The minimum atomic E-state index is -3.59. The van der Waals surface area contributed by atoms with E-state index in [9.17, 15) is 13.2 Å². The van der Waals surface area contributed by atoms with E-state index in [4.69, 9.17) is 4.74 Å². The van der Waals surface area contributed by atoms with Crippen LogP contribution in [0.25, 0.3) is 0 Å². The number of ether oxygens (including phenoxy) is 1. The monoisotopic (exact) mass is 269 g/mol. The van der Waals surface area contributed by atoms with Crippen LogP contribution in [-0.4, -0.2) is 20.4 Å². The van der Waals surface area contributed by atoms with E-state index in [1.807, 2.05) is 0 Å². The van der Waals surface area contributed by atoms with Crippen molar-refractivity contribution in [3.63, 3.8) is 0 Å². The van der Waals surface area contributed by atoms with Gasteiger partial charge in [0.2, 0.25) is 10.0 Å². The second kappa shape index (κ2) is 5.79. The largest absolute Gasteiger partial charge is 0.423 e. The number of benzene rings is 1. The van der Waals surface area contributed by atoms with Gasteiger partial charge in [0.05, 0.1) is 4.90 Å². The van der Waals surface area contributed by atoms with Crippen LogP contribution in [0.3, 0.4) is 0 Å². The molecule has 0 fully saturated rings. The molecule has 0 spiro atoms. The van der Waals surface area contributed by atoms with E-state index >= 15 is 0 Å². The lowest BCUT2D eigenvalue weighted by Gasteiger charge is -2.10. The molecule has 5 nitrogen and oxygen atoms in total. The van der Waals surface area contributed by atoms with Gasteiger partial charge < -0.3 is 4.74 Å². The summed E-state index contributed by atoms with van der Waals surface area (Å²) in [6.07, 6.45) is 1.01. The van der Waals surface area contributed by atoms with E-state index < -0.39 is 16.0 Å². The van der Waals surface area contributed by atoms with Gasteiger partial charge in [-0.1, -0.05) is 12.6 Å². The van der Waals surface area contributed by atoms with Crippen molar-refractivity contribution >= 4 is 16.0 Å². The van der Waals surface area contributed by atoms with E-state index in [-0.39, 0.29) is 16.7 Å². The summed E-state index contributed by atoms with van der Waals surface area (Å²) in [5, 5.41) is 0. The molecule has 0 bridgehead atoms. The number of carbonyl (C=O) groups excluding carboxylic acids is 1. The van der Waals surface area contributed by atoms with Gasteiger partial charge in [0, 0.05) is 18.2 Å². The molecular weight excluding hydrogens is 254 g/mol. The fraction of sp³-hybridized carbons (Fsp3) is 0.250. The predicted molar refractivity (Wildman–Crippen MR) is 67.7 cm³/mol. The molecule has 0 aromatic heterocycles. The number of sulfonamides is 1. The van der Waals surface area contributed by atoms with Crippen LogP contribution in [0, 0.1) is 0 Å². The Labute approximate surface area is 107 Å². The summed E-state index contributed by atoms with van der Waals surface area (Å²) in [5.74, 6) is -0.479. The van der Waals surface area contributed by atoms with E-state index in [0.29, 0.717) is 0 Å². The average molecular weight is 269 g/mol. The summed E-state index contributed by atoms with van der Waals surface area (Å²) >= 11 is 0. The lowest BCUT2D eigenvalue weighted by atomic mass is 10.3. The van der Waals surface area contributed by atoms with E-state index in [1.54, 1.807) is 13.8 Å². The summed E-state index contributed by atoms with van der Waals surface area (Å²) in [4.78, 5) is 11.1. The zero-order valence-electron chi connectivity index (χ0n) is 10.2. The lowest BCUT2D eigenvalue weighted by molar-refractivity contribution is -0.128. The second-order valence-electron chi connectivity index (χ2n) is 3.88. The van der Waals surface area contributed by atoms with E-state index in [0.717, 1.165) is 6.08 Å². The van der Waals surface area contributed by atoms with Crippen LogP contribution in [0.15, 0.2) is 41.8 Å². The lowest BCUT2D eigenvalue weighted by Crippen LogP contribution is -2.30. The third-order valence-electron chi connectivity index (χ3n) is 1.89. The van der Waals surface area contributed by atoms with Crippen molar-refractivity contribution in [3.05, 3.63) is 36.9 Å². The Balaban J connectivity index is 3.01. The minimum absolute atomic E-state index is 0.0468. The van der Waals surface area contributed by atoms with Crippen LogP contribution in [0.4, 0.5) is 0 Å². The maximum absolute atomic E-state index is 11.9. The van der Waals surface area contributed by atoms with Crippen LogP contribution in [-0.2, 0) is 14.8 Å². The Morgan fingerprint density at radius 2 is 2.11 bits per heavy atom. The van der Waals surface area contributed by atoms with Crippen LogP contribution >= 0.6 is 0 Å².